The van der Waals surface area contributed by atoms with Crippen molar-refractivity contribution in [3.8, 4) is 0 Å². The predicted octanol–water partition coefficient (Wildman–Crippen LogP) is 0.150. The molecule has 0 N–H and O–H groups in total. The van der Waals surface area contributed by atoms with Gasteiger partial charge >= 0.3 is 5.97 Å². The highest BCUT2D eigenvalue weighted by atomic mass is 16.6. The number of esters is 1. The Hall–Kier alpha value is -0.900. The van der Waals surface area contributed by atoms with E-state index in [9.17, 15) is 9.59 Å². The molecule has 1 heterocycles. The van der Waals surface area contributed by atoms with E-state index in [0.29, 0.717) is 0 Å². The van der Waals surface area contributed by atoms with Crippen molar-refractivity contribution in [3.63, 3.8) is 0 Å². The second-order valence-electron chi connectivity index (χ2n) is 4.54. The van der Waals surface area contributed by atoms with Crippen LogP contribution in [0.15, 0.2) is 0 Å². The second kappa shape index (κ2) is 2.37. The minimum Gasteiger partial charge on any atom is -0.463 e. The maximum atomic E-state index is 11.5. The highest BCUT2D eigenvalue weighted by Crippen LogP contribution is 2.63. The summed E-state index contributed by atoms with van der Waals surface area (Å²) in [5.41, 5.74) is 0. The number of carbonyl (C=O) groups is 2. The maximum absolute atomic E-state index is 11.5. The molecule has 3 rings (SSSR count). The van der Waals surface area contributed by atoms with E-state index < -0.39 is 0 Å². The summed E-state index contributed by atoms with van der Waals surface area (Å²) in [5, 5.41) is 0. The predicted molar refractivity (Wildman–Crippen MR) is 45.4 cm³/mol. The number of fused-ring (bicyclic) bond motifs is 3. The number of ketones is 1. The zero-order chi connectivity index (χ0) is 10.0. The highest BCUT2D eigenvalue weighted by Gasteiger charge is 2.78. The molecular weight excluding hydrogens is 184 g/mol. The molecule has 4 nitrogen and oxygen atoms in total. The minimum absolute atomic E-state index is 0.0391. The fourth-order valence-corrected chi connectivity index (χ4v) is 2.56. The van der Waals surface area contributed by atoms with Crippen LogP contribution in [-0.2, 0) is 19.1 Å². The van der Waals surface area contributed by atoms with E-state index >= 15 is 0 Å². The molecule has 0 radical (unpaired) electrons. The molecule has 5 atom stereocenters. The van der Waals surface area contributed by atoms with Crippen molar-refractivity contribution in [2.24, 2.45) is 17.8 Å². The Bertz CT molecular complexity index is 322. The van der Waals surface area contributed by atoms with Crippen LogP contribution in [0.2, 0.25) is 0 Å². The van der Waals surface area contributed by atoms with Crippen molar-refractivity contribution in [2.45, 2.75) is 32.2 Å². The van der Waals surface area contributed by atoms with Crippen LogP contribution < -0.4 is 0 Å². The normalized spacial score (nSPS) is 47.4. The third kappa shape index (κ3) is 0.919. The number of rotatable bonds is 2. The summed E-state index contributed by atoms with van der Waals surface area (Å²) in [6, 6.07) is 0. The van der Waals surface area contributed by atoms with Crippen LogP contribution >= 0.6 is 0 Å². The third-order valence-electron chi connectivity index (χ3n) is 3.21. The summed E-state index contributed by atoms with van der Waals surface area (Å²) >= 11 is 0. The Kier molecular flexibility index (Phi) is 1.42. The van der Waals surface area contributed by atoms with Crippen molar-refractivity contribution in [3.05, 3.63) is 0 Å². The number of carbonyl (C=O) groups excluding carboxylic acids is 2. The lowest BCUT2D eigenvalue weighted by Gasteiger charge is -2.07. The number of ether oxygens (including phenoxy) is 2. The molecule has 1 aliphatic heterocycles. The van der Waals surface area contributed by atoms with Gasteiger partial charge in [0, 0.05) is 11.8 Å². The fraction of sp³-hybridized carbons (Fsp3) is 0.800. The summed E-state index contributed by atoms with van der Waals surface area (Å²) in [7, 11) is 0. The number of Topliss-reactive ketones (excluding diaryl/α,β-unsaturated/α-hetero) is 1. The number of epoxide rings is 1. The van der Waals surface area contributed by atoms with Crippen LogP contribution in [0.1, 0.15) is 13.8 Å². The van der Waals surface area contributed by atoms with Crippen molar-refractivity contribution < 1.29 is 19.1 Å². The molecule has 0 spiro atoms. The average molecular weight is 196 g/mol. The van der Waals surface area contributed by atoms with E-state index in [0.717, 1.165) is 0 Å². The number of hydrogen-bond donors (Lipinski definition) is 0. The Balaban J connectivity index is 1.68. The molecule has 0 aromatic carbocycles. The van der Waals surface area contributed by atoms with Crippen LogP contribution in [0.5, 0.6) is 0 Å². The van der Waals surface area contributed by atoms with Gasteiger partial charge in [0.05, 0.1) is 18.1 Å². The summed E-state index contributed by atoms with van der Waals surface area (Å²) < 4.78 is 10.2. The molecule has 0 aromatic heterocycles. The largest absolute Gasteiger partial charge is 0.463 e. The Morgan fingerprint density at radius 2 is 2.21 bits per heavy atom. The van der Waals surface area contributed by atoms with Gasteiger partial charge < -0.3 is 9.47 Å². The zero-order valence-corrected chi connectivity index (χ0v) is 8.10. The molecule has 2 aliphatic carbocycles. The van der Waals surface area contributed by atoms with Crippen LogP contribution in [0.25, 0.3) is 0 Å². The van der Waals surface area contributed by atoms with Gasteiger partial charge in [-0.2, -0.15) is 0 Å². The van der Waals surface area contributed by atoms with E-state index in [2.05, 4.69) is 0 Å². The monoisotopic (exact) mass is 196 g/mol. The summed E-state index contributed by atoms with van der Waals surface area (Å²) in [5.74, 6) is -0.250. The fourth-order valence-electron chi connectivity index (χ4n) is 2.56. The zero-order valence-electron chi connectivity index (χ0n) is 8.10. The molecule has 3 fully saturated rings. The maximum Gasteiger partial charge on any atom is 0.310 e. The lowest BCUT2D eigenvalue weighted by molar-refractivity contribution is -0.150. The van der Waals surface area contributed by atoms with Gasteiger partial charge in [-0.1, -0.05) is 0 Å². The molecule has 0 bridgehead atoms. The standard InChI is InChI=1S/C10H12O4/c1-3(2)13-10(12)6-4-5(6)8-9(14-8)7(4)11/h3-6,8-9H,1-2H3/t4-,5+,6+,8+,9-/m0/s1. The van der Waals surface area contributed by atoms with Gasteiger partial charge in [-0.3, -0.25) is 9.59 Å². The van der Waals surface area contributed by atoms with Crippen molar-refractivity contribution in [1.29, 1.82) is 0 Å². The lowest BCUT2D eigenvalue weighted by Crippen LogP contribution is -2.19. The van der Waals surface area contributed by atoms with Crippen LogP contribution in [0.4, 0.5) is 0 Å². The lowest BCUT2D eigenvalue weighted by atomic mass is 10.1. The Labute approximate surface area is 81.6 Å². The molecule has 2 saturated carbocycles. The van der Waals surface area contributed by atoms with Gasteiger partial charge in [-0.25, -0.2) is 0 Å². The summed E-state index contributed by atoms with van der Waals surface area (Å²) in [6.07, 6.45) is -0.236. The van der Waals surface area contributed by atoms with E-state index in [1.807, 2.05) is 13.8 Å². The van der Waals surface area contributed by atoms with E-state index in [4.69, 9.17) is 9.47 Å². The van der Waals surface area contributed by atoms with E-state index in [1.165, 1.54) is 0 Å². The first-order valence-corrected chi connectivity index (χ1v) is 5.01. The van der Waals surface area contributed by atoms with Crippen molar-refractivity contribution in [2.75, 3.05) is 0 Å². The van der Waals surface area contributed by atoms with Crippen LogP contribution in [0.3, 0.4) is 0 Å². The van der Waals surface area contributed by atoms with E-state index in [-0.39, 0.29) is 47.8 Å². The van der Waals surface area contributed by atoms with E-state index in [1.54, 1.807) is 0 Å². The van der Waals surface area contributed by atoms with Crippen molar-refractivity contribution >= 4 is 11.8 Å². The third-order valence-corrected chi connectivity index (χ3v) is 3.21. The van der Waals surface area contributed by atoms with Crippen molar-refractivity contribution in [1.82, 2.24) is 0 Å². The van der Waals surface area contributed by atoms with Gasteiger partial charge in [0.25, 0.3) is 0 Å². The Morgan fingerprint density at radius 1 is 1.50 bits per heavy atom. The average Bonchev–Trinajstić information content (AvgIpc) is 2.95. The quantitative estimate of drug-likeness (QED) is 0.466. The van der Waals surface area contributed by atoms with Gasteiger partial charge in [0.15, 0.2) is 5.78 Å². The van der Waals surface area contributed by atoms with Gasteiger partial charge in [0.1, 0.15) is 6.10 Å². The first kappa shape index (κ1) is 8.41. The first-order valence-electron chi connectivity index (χ1n) is 5.01. The topological polar surface area (TPSA) is 55.9 Å². The smallest absolute Gasteiger partial charge is 0.310 e. The van der Waals surface area contributed by atoms with Crippen LogP contribution in [-0.4, -0.2) is 30.1 Å². The van der Waals surface area contributed by atoms with Gasteiger partial charge in [0.2, 0.25) is 0 Å². The molecule has 3 aliphatic rings. The second-order valence-corrected chi connectivity index (χ2v) is 4.54. The molecule has 0 aromatic rings. The molecule has 4 heteroatoms. The summed E-state index contributed by atoms with van der Waals surface area (Å²) in [6.45, 7) is 3.63. The Morgan fingerprint density at radius 3 is 2.71 bits per heavy atom. The molecular formula is C10H12O4. The highest BCUT2D eigenvalue weighted by molar-refractivity contribution is 6.00. The molecule has 76 valence electrons. The SMILES string of the molecule is CC(C)OC(=O)[C@@H]1[C@H]2C(=O)[C@@H]3O[C@@H]3[C@@H]12. The van der Waals surface area contributed by atoms with Gasteiger partial charge in [-0.15, -0.1) is 0 Å². The minimum atomic E-state index is -0.225. The number of hydrogen-bond acceptors (Lipinski definition) is 4. The van der Waals surface area contributed by atoms with Gasteiger partial charge in [-0.05, 0) is 13.8 Å². The molecule has 0 amide bonds. The molecule has 14 heavy (non-hydrogen) atoms. The first-order chi connectivity index (χ1) is 6.61. The molecule has 1 saturated heterocycles. The summed E-state index contributed by atoms with van der Waals surface area (Å²) in [4.78, 5) is 23.0. The van der Waals surface area contributed by atoms with Crippen LogP contribution in [0, 0.1) is 17.8 Å². The molecule has 0 unspecified atom stereocenters.